The molecule has 1 heterocycles. The van der Waals surface area contributed by atoms with E-state index in [0.29, 0.717) is 23.9 Å². The largest absolute Gasteiger partial charge is 0.378 e. The average Bonchev–Trinajstić information content (AvgIpc) is 2.74. The van der Waals surface area contributed by atoms with Crippen molar-refractivity contribution in [1.82, 2.24) is 0 Å². The van der Waals surface area contributed by atoms with Crippen LogP contribution in [0.5, 0.6) is 0 Å². The van der Waals surface area contributed by atoms with E-state index in [9.17, 15) is 13.2 Å². The Morgan fingerprint density at radius 1 is 1.16 bits per heavy atom. The number of benzene rings is 2. The van der Waals surface area contributed by atoms with Crippen LogP contribution in [0.1, 0.15) is 13.3 Å². The molecule has 1 aliphatic heterocycles. The van der Waals surface area contributed by atoms with Gasteiger partial charge in [-0.1, -0.05) is 30.1 Å². The Hall–Kier alpha value is -2.00. The minimum atomic E-state index is -3.82. The van der Waals surface area contributed by atoms with Crippen molar-refractivity contribution >= 4 is 56.2 Å². The molecule has 1 atom stereocenters. The molecule has 0 saturated carbocycles. The molecule has 10 heteroatoms. The van der Waals surface area contributed by atoms with Gasteiger partial charge in [0.25, 0.3) is 0 Å². The number of rotatable bonds is 7. The molecule has 0 spiro atoms. The maximum absolute atomic E-state index is 13.1. The number of hydrogen-bond donors (Lipinski definition) is 1. The molecule has 1 saturated heterocycles. The summed E-state index contributed by atoms with van der Waals surface area (Å²) in [6.45, 7) is 4.73. The summed E-state index contributed by atoms with van der Waals surface area (Å²) in [5, 5.41) is 3.33. The summed E-state index contributed by atoms with van der Waals surface area (Å²) >= 11 is 12.3. The Balaban J connectivity index is 1.82. The number of nitrogens with one attached hydrogen (secondary N) is 1. The van der Waals surface area contributed by atoms with Crippen molar-refractivity contribution in [3.05, 3.63) is 52.5 Å². The van der Waals surface area contributed by atoms with Gasteiger partial charge in [-0.3, -0.25) is 9.10 Å². The summed E-state index contributed by atoms with van der Waals surface area (Å²) in [7, 11) is -3.82. The molecule has 0 unspecified atom stereocenters. The molecule has 0 bridgehead atoms. The number of ether oxygens (including phenoxy) is 1. The second kappa shape index (κ2) is 10.1. The molecular weight excluding hydrogens is 461 g/mol. The van der Waals surface area contributed by atoms with Gasteiger partial charge in [-0.15, -0.1) is 0 Å². The SMILES string of the molecule is CC[C@H](C(=O)Nc1ccc(N2CCOCC2)cc1)N(c1cc(Cl)ccc1Cl)S(C)(=O)=O. The van der Waals surface area contributed by atoms with Crippen LogP contribution in [0.2, 0.25) is 10.0 Å². The predicted molar refractivity (Wildman–Crippen MR) is 126 cm³/mol. The van der Waals surface area contributed by atoms with Gasteiger partial charge < -0.3 is 15.0 Å². The molecular formula is C21H25Cl2N3O4S. The van der Waals surface area contributed by atoms with Gasteiger partial charge in [-0.25, -0.2) is 8.42 Å². The van der Waals surface area contributed by atoms with Gasteiger partial charge in [0, 0.05) is 29.5 Å². The normalized spacial score (nSPS) is 15.4. The number of nitrogens with zero attached hydrogens (tertiary/aromatic N) is 2. The van der Waals surface area contributed by atoms with E-state index in [1.165, 1.54) is 12.1 Å². The number of carbonyl (C=O) groups excluding carboxylic acids is 1. The molecule has 1 fully saturated rings. The van der Waals surface area contributed by atoms with Crippen molar-refractivity contribution in [2.75, 3.05) is 47.1 Å². The zero-order chi connectivity index (χ0) is 22.6. The highest BCUT2D eigenvalue weighted by Gasteiger charge is 2.33. The van der Waals surface area contributed by atoms with Crippen molar-refractivity contribution in [1.29, 1.82) is 0 Å². The standard InChI is InChI=1S/C21H25Cl2N3O4S/c1-3-19(26(31(2,28)29)20-14-15(22)4-9-18(20)23)21(27)24-16-5-7-17(8-6-16)25-10-12-30-13-11-25/h4-9,14,19H,3,10-13H2,1-2H3,(H,24,27)/t19-/m1/s1. The Bertz CT molecular complexity index is 1030. The Labute approximate surface area is 192 Å². The van der Waals surface area contributed by atoms with Crippen LogP contribution < -0.4 is 14.5 Å². The molecule has 1 N–H and O–H groups in total. The van der Waals surface area contributed by atoms with Crippen molar-refractivity contribution in [3.8, 4) is 0 Å². The summed E-state index contributed by atoms with van der Waals surface area (Å²) < 4.78 is 31.6. The first kappa shape index (κ1) is 23.7. The fraction of sp³-hybridized carbons (Fsp3) is 0.381. The second-order valence-corrected chi connectivity index (χ2v) is 9.92. The Kier molecular flexibility index (Phi) is 7.69. The van der Waals surface area contributed by atoms with Crippen LogP contribution in [0.3, 0.4) is 0 Å². The number of sulfonamides is 1. The monoisotopic (exact) mass is 485 g/mol. The molecule has 7 nitrogen and oxygen atoms in total. The number of anilines is 3. The fourth-order valence-electron chi connectivity index (χ4n) is 3.49. The molecule has 168 valence electrons. The lowest BCUT2D eigenvalue weighted by molar-refractivity contribution is -0.117. The molecule has 2 aromatic rings. The molecule has 0 radical (unpaired) electrons. The summed E-state index contributed by atoms with van der Waals surface area (Å²) in [6.07, 6.45) is 1.28. The number of halogens is 2. The minimum absolute atomic E-state index is 0.168. The van der Waals surface area contributed by atoms with E-state index >= 15 is 0 Å². The summed E-state index contributed by atoms with van der Waals surface area (Å²) in [6, 6.07) is 11.0. The van der Waals surface area contributed by atoms with Crippen LogP contribution in [-0.4, -0.2) is 52.9 Å². The molecule has 0 aromatic heterocycles. The third-order valence-electron chi connectivity index (χ3n) is 4.99. The van der Waals surface area contributed by atoms with Crippen molar-refractivity contribution in [3.63, 3.8) is 0 Å². The van der Waals surface area contributed by atoms with E-state index in [-0.39, 0.29) is 17.1 Å². The molecule has 3 rings (SSSR count). The number of carbonyl (C=O) groups is 1. The van der Waals surface area contributed by atoms with Gasteiger partial charge in [0.2, 0.25) is 15.9 Å². The van der Waals surface area contributed by atoms with Crippen molar-refractivity contribution in [2.24, 2.45) is 0 Å². The van der Waals surface area contributed by atoms with Gasteiger partial charge in [0.1, 0.15) is 6.04 Å². The van der Waals surface area contributed by atoms with Crippen LogP contribution in [0.25, 0.3) is 0 Å². The first-order valence-corrected chi connectivity index (χ1v) is 12.5. The highest BCUT2D eigenvalue weighted by atomic mass is 35.5. The maximum atomic E-state index is 13.1. The molecule has 2 aromatic carbocycles. The van der Waals surface area contributed by atoms with E-state index in [1.54, 1.807) is 25.1 Å². The smallest absolute Gasteiger partial charge is 0.248 e. The highest BCUT2D eigenvalue weighted by molar-refractivity contribution is 7.92. The highest BCUT2D eigenvalue weighted by Crippen LogP contribution is 2.33. The van der Waals surface area contributed by atoms with E-state index in [4.69, 9.17) is 27.9 Å². The second-order valence-electron chi connectivity index (χ2n) is 7.21. The number of morpholine rings is 1. The topological polar surface area (TPSA) is 79.0 Å². The predicted octanol–water partition coefficient (Wildman–Crippen LogP) is 4.01. The van der Waals surface area contributed by atoms with E-state index in [0.717, 1.165) is 29.3 Å². The van der Waals surface area contributed by atoms with Crippen LogP contribution in [0.4, 0.5) is 17.1 Å². The first-order valence-electron chi connectivity index (χ1n) is 9.88. The van der Waals surface area contributed by atoms with Crippen LogP contribution in [-0.2, 0) is 19.6 Å². The third-order valence-corrected chi connectivity index (χ3v) is 6.71. The Morgan fingerprint density at radius 2 is 1.81 bits per heavy atom. The zero-order valence-corrected chi connectivity index (χ0v) is 19.7. The Morgan fingerprint density at radius 3 is 2.39 bits per heavy atom. The summed E-state index contributed by atoms with van der Waals surface area (Å²) in [5.74, 6) is -0.455. The van der Waals surface area contributed by atoms with Gasteiger partial charge in [-0.05, 0) is 48.9 Å². The van der Waals surface area contributed by atoms with Crippen LogP contribution in [0, 0.1) is 0 Å². The lowest BCUT2D eigenvalue weighted by atomic mass is 10.1. The van der Waals surface area contributed by atoms with Crippen LogP contribution in [0.15, 0.2) is 42.5 Å². The first-order chi connectivity index (χ1) is 14.7. The third kappa shape index (κ3) is 5.83. The molecule has 31 heavy (non-hydrogen) atoms. The van der Waals surface area contributed by atoms with Gasteiger partial charge >= 0.3 is 0 Å². The number of hydrogen-bond acceptors (Lipinski definition) is 5. The molecule has 1 aliphatic rings. The molecule has 1 amide bonds. The van der Waals surface area contributed by atoms with E-state index in [2.05, 4.69) is 10.2 Å². The summed E-state index contributed by atoms with van der Waals surface area (Å²) in [4.78, 5) is 15.3. The van der Waals surface area contributed by atoms with Gasteiger partial charge in [-0.2, -0.15) is 0 Å². The van der Waals surface area contributed by atoms with E-state index < -0.39 is 22.0 Å². The zero-order valence-electron chi connectivity index (χ0n) is 17.3. The maximum Gasteiger partial charge on any atom is 0.248 e. The lowest BCUT2D eigenvalue weighted by Crippen LogP contribution is -2.47. The van der Waals surface area contributed by atoms with E-state index in [1.807, 2.05) is 12.1 Å². The lowest BCUT2D eigenvalue weighted by Gasteiger charge is -2.31. The summed E-state index contributed by atoms with van der Waals surface area (Å²) in [5.41, 5.74) is 1.78. The van der Waals surface area contributed by atoms with Gasteiger partial charge in [0.15, 0.2) is 0 Å². The van der Waals surface area contributed by atoms with Crippen molar-refractivity contribution in [2.45, 2.75) is 19.4 Å². The van der Waals surface area contributed by atoms with Gasteiger partial charge in [0.05, 0.1) is 30.2 Å². The average molecular weight is 486 g/mol. The number of amides is 1. The minimum Gasteiger partial charge on any atom is -0.378 e. The van der Waals surface area contributed by atoms with Crippen LogP contribution >= 0.6 is 23.2 Å². The fourth-order valence-corrected chi connectivity index (χ4v) is 5.13. The quantitative estimate of drug-likeness (QED) is 0.640. The van der Waals surface area contributed by atoms with Crippen molar-refractivity contribution < 1.29 is 17.9 Å². The molecule has 0 aliphatic carbocycles.